The molecule has 1 N–H and O–H groups in total. The minimum Gasteiger partial charge on any atom is -0.481 e. The number of carboxylic acid groups (broad SMARTS) is 1. The third-order valence-corrected chi connectivity index (χ3v) is 4.38. The van der Waals surface area contributed by atoms with Crippen molar-refractivity contribution in [2.24, 2.45) is 0 Å². The molecular formula is C23H18N2O2. The summed E-state index contributed by atoms with van der Waals surface area (Å²) in [6.45, 7) is 0. The maximum Gasteiger partial charge on any atom is 0.307 e. The number of aliphatic carboxylic acids is 1. The highest BCUT2D eigenvalue weighted by Crippen LogP contribution is 2.28. The largest absolute Gasteiger partial charge is 0.481 e. The predicted molar refractivity (Wildman–Crippen MR) is 106 cm³/mol. The quantitative estimate of drug-likeness (QED) is 0.558. The van der Waals surface area contributed by atoms with Gasteiger partial charge < -0.3 is 5.11 Å². The van der Waals surface area contributed by atoms with Crippen LogP contribution in [0.2, 0.25) is 0 Å². The molecule has 0 saturated carbocycles. The third kappa shape index (κ3) is 3.65. The minimum absolute atomic E-state index is 0.0218. The van der Waals surface area contributed by atoms with Crippen LogP contribution in [0.5, 0.6) is 0 Å². The highest BCUT2D eigenvalue weighted by Gasteiger charge is 2.13. The van der Waals surface area contributed by atoms with Gasteiger partial charge in [-0.05, 0) is 23.8 Å². The Hall–Kier alpha value is -3.66. The number of rotatable bonds is 5. The number of carboxylic acids is 1. The highest BCUT2D eigenvalue weighted by molar-refractivity contribution is 5.72. The Morgan fingerprint density at radius 2 is 1.44 bits per heavy atom. The Balaban J connectivity index is 1.79. The van der Waals surface area contributed by atoms with E-state index in [9.17, 15) is 4.79 Å². The van der Waals surface area contributed by atoms with E-state index in [1.165, 1.54) is 0 Å². The summed E-state index contributed by atoms with van der Waals surface area (Å²) in [7, 11) is 0. The first kappa shape index (κ1) is 16.8. The minimum atomic E-state index is -0.831. The topological polar surface area (TPSA) is 55.1 Å². The number of nitrogens with zero attached hydrogens (tertiary/aromatic N) is 2. The number of carbonyl (C=O) groups is 1. The first-order valence-corrected chi connectivity index (χ1v) is 8.73. The molecule has 1 aromatic heterocycles. The summed E-state index contributed by atoms with van der Waals surface area (Å²) in [5, 5.41) is 13.7. The average molecular weight is 354 g/mol. The van der Waals surface area contributed by atoms with Crippen molar-refractivity contribution in [1.82, 2.24) is 9.78 Å². The Morgan fingerprint density at radius 3 is 2.07 bits per heavy atom. The zero-order chi connectivity index (χ0) is 18.6. The van der Waals surface area contributed by atoms with Crippen LogP contribution >= 0.6 is 0 Å². The van der Waals surface area contributed by atoms with Crippen LogP contribution in [0, 0.1) is 0 Å². The third-order valence-electron chi connectivity index (χ3n) is 4.38. The van der Waals surface area contributed by atoms with Crippen molar-refractivity contribution in [3.63, 3.8) is 0 Å². The van der Waals surface area contributed by atoms with Crippen molar-refractivity contribution in [3.05, 3.63) is 96.6 Å². The fourth-order valence-corrected chi connectivity index (χ4v) is 3.07. The van der Waals surface area contributed by atoms with Gasteiger partial charge in [0.25, 0.3) is 0 Å². The van der Waals surface area contributed by atoms with Gasteiger partial charge in [0.15, 0.2) is 0 Å². The molecule has 0 aliphatic heterocycles. The molecule has 0 radical (unpaired) electrons. The van der Waals surface area contributed by atoms with Gasteiger partial charge in [0.1, 0.15) is 0 Å². The monoisotopic (exact) mass is 354 g/mol. The lowest BCUT2D eigenvalue weighted by molar-refractivity contribution is -0.136. The number of hydrogen-bond acceptors (Lipinski definition) is 2. The standard InChI is InChI=1S/C23H18N2O2/c26-23(27)15-17-11-13-18(14-12-17)21-16-22(19-7-3-1-4-8-19)25(24-21)20-9-5-2-6-10-20/h1-14,16H,15H2,(H,26,27). The van der Waals surface area contributed by atoms with Crippen molar-refractivity contribution in [1.29, 1.82) is 0 Å². The summed E-state index contributed by atoms with van der Waals surface area (Å²) in [5.41, 5.74) is 5.66. The van der Waals surface area contributed by atoms with Gasteiger partial charge in [0, 0.05) is 11.1 Å². The fourth-order valence-electron chi connectivity index (χ4n) is 3.07. The van der Waals surface area contributed by atoms with Gasteiger partial charge in [-0.1, -0.05) is 72.8 Å². The summed E-state index contributed by atoms with van der Waals surface area (Å²) in [6, 6.07) is 29.8. The number of hydrogen-bond donors (Lipinski definition) is 1. The number of benzene rings is 3. The molecule has 4 nitrogen and oxygen atoms in total. The maximum absolute atomic E-state index is 10.9. The van der Waals surface area contributed by atoms with Crippen LogP contribution in [0.15, 0.2) is 91.0 Å². The van der Waals surface area contributed by atoms with Crippen LogP contribution in [0.4, 0.5) is 0 Å². The van der Waals surface area contributed by atoms with Gasteiger partial charge in [-0.3, -0.25) is 4.79 Å². The molecule has 4 aromatic rings. The summed E-state index contributed by atoms with van der Waals surface area (Å²) < 4.78 is 1.94. The first-order valence-electron chi connectivity index (χ1n) is 8.73. The van der Waals surface area contributed by atoms with Gasteiger partial charge in [-0.15, -0.1) is 0 Å². The van der Waals surface area contributed by atoms with Crippen LogP contribution in [0.25, 0.3) is 28.2 Å². The van der Waals surface area contributed by atoms with Crippen molar-refractivity contribution >= 4 is 5.97 Å². The van der Waals surface area contributed by atoms with E-state index in [1.807, 2.05) is 77.5 Å². The van der Waals surface area contributed by atoms with Crippen molar-refractivity contribution in [2.45, 2.75) is 6.42 Å². The summed E-state index contributed by atoms with van der Waals surface area (Å²) >= 11 is 0. The summed E-state index contributed by atoms with van der Waals surface area (Å²) in [6.07, 6.45) is 0.0218. The van der Waals surface area contributed by atoms with E-state index in [-0.39, 0.29) is 6.42 Å². The molecule has 0 spiro atoms. The van der Waals surface area contributed by atoms with E-state index in [0.717, 1.165) is 33.8 Å². The lowest BCUT2D eigenvalue weighted by atomic mass is 10.1. The van der Waals surface area contributed by atoms with Crippen LogP contribution in [-0.4, -0.2) is 20.9 Å². The molecule has 0 bridgehead atoms. The molecule has 1 heterocycles. The fraction of sp³-hybridized carbons (Fsp3) is 0.0435. The van der Waals surface area contributed by atoms with Crippen molar-refractivity contribution in [2.75, 3.05) is 0 Å². The molecule has 4 heteroatoms. The van der Waals surface area contributed by atoms with Gasteiger partial charge in [0.05, 0.1) is 23.5 Å². The Labute approximate surface area is 157 Å². The lowest BCUT2D eigenvalue weighted by Gasteiger charge is -2.07. The zero-order valence-corrected chi connectivity index (χ0v) is 14.6. The molecule has 3 aromatic carbocycles. The molecule has 4 rings (SSSR count). The van der Waals surface area contributed by atoms with E-state index in [0.29, 0.717) is 0 Å². The highest BCUT2D eigenvalue weighted by atomic mass is 16.4. The van der Waals surface area contributed by atoms with E-state index in [4.69, 9.17) is 10.2 Å². The van der Waals surface area contributed by atoms with Crippen LogP contribution in [0.1, 0.15) is 5.56 Å². The van der Waals surface area contributed by atoms with Gasteiger partial charge >= 0.3 is 5.97 Å². The maximum atomic E-state index is 10.9. The summed E-state index contributed by atoms with van der Waals surface area (Å²) in [4.78, 5) is 10.9. The Bertz CT molecular complexity index is 996. The van der Waals surface area contributed by atoms with E-state index in [1.54, 1.807) is 0 Å². The Morgan fingerprint density at radius 1 is 0.815 bits per heavy atom. The summed E-state index contributed by atoms with van der Waals surface area (Å²) in [5.74, 6) is -0.831. The SMILES string of the molecule is O=C(O)Cc1ccc(-c2cc(-c3ccccc3)n(-c3ccccc3)n2)cc1. The Kier molecular flexibility index (Phi) is 4.54. The predicted octanol–water partition coefficient (Wildman–Crippen LogP) is 4.83. The zero-order valence-electron chi connectivity index (χ0n) is 14.6. The second-order valence-corrected chi connectivity index (χ2v) is 6.30. The van der Waals surface area contributed by atoms with E-state index in [2.05, 4.69) is 18.2 Å². The molecule has 132 valence electrons. The van der Waals surface area contributed by atoms with Crippen molar-refractivity contribution < 1.29 is 9.90 Å². The molecule has 0 aliphatic rings. The van der Waals surface area contributed by atoms with Gasteiger partial charge in [-0.25, -0.2) is 4.68 Å². The molecule has 0 amide bonds. The van der Waals surface area contributed by atoms with Crippen LogP contribution < -0.4 is 0 Å². The molecule has 0 saturated heterocycles. The molecule has 0 fully saturated rings. The first-order chi connectivity index (χ1) is 13.2. The smallest absolute Gasteiger partial charge is 0.307 e. The number of para-hydroxylation sites is 1. The number of aromatic nitrogens is 2. The molecule has 27 heavy (non-hydrogen) atoms. The van der Waals surface area contributed by atoms with E-state index >= 15 is 0 Å². The molecular weight excluding hydrogens is 336 g/mol. The molecule has 0 atom stereocenters. The van der Waals surface area contributed by atoms with Crippen molar-refractivity contribution in [3.8, 4) is 28.2 Å². The normalized spacial score (nSPS) is 10.7. The van der Waals surface area contributed by atoms with Gasteiger partial charge in [0.2, 0.25) is 0 Å². The second-order valence-electron chi connectivity index (χ2n) is 6.30. The average Bonchev–Trinajstić information content (AvgIpc) is 3.15. The van der Waals surface area contributed by atoms with Crippen LogP contribution in [0.3, 0.4) is 0 Å². The molecule has 0 unspecified atom stereocenters. The van der Waals surface area contributed by atoms with E-state index < -0.39 is 5.97 Å². The molecule has 0 aliphatic carbocycles. The van der Waals surface area contributed by atoms with Crippen LogP contribution in [-0.2, 0) is 11.2 Å². The second kappa shape index (κ2) is 7.30. The van der Waals surface area contributed by atoms with Gasteiger partial charge in [-0.2, -0.15) is 5.10 Å². The lowest BCUT2D eigenvalue weighted by Crippen LogP contribution is -2.00.